The van der Waals surface area contributed by atoms with Crippen molar-refractivity contribution < 1.29 is 4.42 Å². The Bertz CT molecular complexity index is 1000. The summed E-state index contributed by atoms with van der Waals surface area (Å²) in [5.41, 5.74) is 1.88. The summed E-state index contributed by atoms with van der Waals surface area (Å²) in [7, 11) is 0. The normalized spacial score (nSPS) is 11.0. The van der Waals surface area contributed by atoms with Gasteiger partial charge in [-0.2, -0.15) is 0 Å². The molecule has 0 aliphatic carbocycles. The van der Waals surface area contributed by atoms with Gasteiger partial charge in [-0.1, -0.05) is 48.2 Å². The number of benzene rings is 2. The number of halogens is 1. The Morgan fingerprint density at radius 3 is 2.67 bits per heavy atom. The highest BCUT2D eigenvalue weighted by Crippen LogP contribution is 2.28. The van der Waals surface area contributed by atoms with Crippen molar-refractivity contribution >= 4 is 38.6 Å². The number of nitrogens with zero attached hydrogens (tertiary/aromatic N) is 3. The zero-order chi connectivity index (χ0) is 16.4. The Morgan fingerprint density at radius 2 is 1.75 bits per heavy atom. The van der Waals surface area contributed by atoms with Gasteiger partial charge in [-0.05, 0) is 40.2 Å². The van der Waals surface area contributed by atoms with Crippen molar-refractivity contribution in [3.05, 3.63) is 71.0 Å². The highest BCUT2D eigenvalue weighted by Gasteiger charge is 2.11. The lowest BCUT2D eigenvalue weighted by Gasteiger charge is -2.01. The Hall–Kier alpha value is -2.18. The Morgan fingerprint density at radius 1 is 0.917 bits per heavy atom. The van der Waals surface area contributed by atoms with E-state index < -0.39 is 0 Å². The third kappa shape index (κ3) is 3.20. The number of hydrogen-bond donors (Lipinski definition) is 0. The molecule has 2 aromatic heterocycles. The van der Waals surface area contributed by atoms with Crippen molar-refractivity contribution in [3.8, 4) is 11.5 Å². The number of hydrogen-bond acceptors (Lipinski definition) is 5. The van der Waals surface area contributed by atoms with Crippen molar-refractivity contribution in [1.82, 2.24) is 15.2 Å². The van der Waals surface area contributed by atoms with Gasteiger partial charge in [0.1, 0.15) is 0 Å². The summed E-state index contributed by atoms with van der Waals surface area (Å²) < 4.78 is 6.69. The Balaban J connectivity index is 1.51. The van der Waals surface area contributed by atoms with Crippen LogP contribution in [0.2, 0.25) is 0 Å². The summed E-state index contributed by atoms with van der Waals surface area (Å²) in [6.45, 7) is 0. The number of para-hydroxylation sites is 1. The van der Waals surface area contributed by atoms with Crippen LogP contribution in [0.15, 0.2) is 74.6 Å². The van der Waals surface area contributed by atoms with Gasteiger partial charge in [0.25, 0.3) is 0 Å². The first kappa shape index (κ1) is 15.4. The molecular weight excluding hydrogens is 386 g/mol. The molecule has 118 valence electrons. The first-order chi connectivity index (χ1) is 11.8. The van der Waals surface area contributed by atoms with Crippen LogP contribution >= 0.6 is 27.7 Å². The molecule has 0 saturated heterocycles. The van der Waals surface area contributed by atoms with Crippen LogP contribution in [-0.2, 0) is 5.75 Å². The maximum Gasteiger partial charge on any atom is 0.248 e. The Labute approximate surface area is 151 Å². The molecule has 2 aromatic carbocycles. The minimum absolute atomic E-state index is 0.518. The molecular formula is C18H12BrN3OS. The van der Waals surface area contributed by atoms with Gasteiger partial charge in [0.15, 0.2) is 0 Å². The SMILES string of the molecule is Brc1ccccc1-c1nnc(CSc2ccc3ccccc3n2)o1. The van der Waals surface area contributed by atoms with Crippen molar-refractivity contribution in [2.24, 2.45) is 0 Å². The molecule has 0 atom stereocenters. The lowest BCUT2D eigenvalue weighted by Crippen LogP contribution is -1.85. The number of pyridine rings is 1. The maximum atomic E-state index is 5.76. The topological polar surface area (TPSA) is 51.8 Å². The summed E-state index contributed by atoms with van der Waals surface area (Å²) in [5, 5.41) is 10.3. The van der Waals surface area contributed by atoms with E-state index in [1.807, 2.05) is 48.5 Å². The van der Waals surface area contributed by atoms with Crippen LogP contribution < -0.4 is 0 Å². The molecule has 4 nitrogen and oxygen atoms in total. The first-order valence-electron chi connectivity index (χ1n) is 7.35. The summed E-state index contributed by atoms with van der Waals surface area (Å²) in [6, 6.07) is 19.9. The molecule has 0 radical (unpaired) electrons. The fourth-order valence-electron chi connectivity index (χ4n) is 2.32. The second-order valence-corrected chi connectivity index (χ2v) is 6.96. The molecule has 0 fully saturated rings. The van der Waals surface area contributed by atoms with Gasteiger partial charge in [0, 0.05) is 9.86 Å². The molecule has 0 amide bonds. The monoisotopic (exact) mass is 397 g/mol. The summed E-state index contributed by atoms with van der Waals surface area (Å²) >= 11 is 5.08. The molecule has 0 aliphatic heterocycles. The standard InChI is InChI=1S/C18H12BrN3OS/c19-14-7-3-2-6-13(14)18-22-21-16(23-18)11-24-17-10-9-12-5-1-4-8-15(12)20-17/h1-10H,11H2. The number of aromatic nitrogens is 3. The summed E-state index contributed by atoms with van der Waals surface area (Å²) in [4.78, 5) is 4.63. The predicted octanol–water partition coefficient (Wildman–Crippen LogP) is 5.34. The molecule has 0 unspecified atom stereocenters. The highest BCUT2D eigenvalue weighted by molar-refractivity contribution is 9.10. The van der Waals surface area contributed by atoms with E-state index in [1.165, 1.54) is 0 Å². The van der Waals surface area contributed by atoms with E-state index in [4.69, 9.17) is 4.42 Å². The number of fused-ring (bicyclic) bond motifs is 1. The van der Waals surface area contributed by atoms with Gasteiger partial charge in [-0.3, -0.25) is 0 Å². The molecule has 2 heterocycles. The molecule has 4 aromatic rings. The molecule has 0 spiro atoms. The van der Waals surface area contributed by atoms with E-state index in [0.29, 0.717) is 17.5 Å². The second-order valence-electron chi connectivity index (χ2n) is 5.11. The third-order valence-corrected chi connectivity index (χ3v) is 5.09. The van der Waals surface area contributed by atoms with Crippen LogP contribution in [0.1, 0.15) is 5.89 Å². The lowest BCUT2D eigenvalue weighted by atomic mass is 10.2. The smallest absolute Gasteiger partial charge is 0.248 e. The zero-order valence-electron chi connectivity index (χ0n) is 12.5. The van der Waals surface area contributed by atoms with Crippen molar-refractivity contribution in [3.63, 3.8) is 0 Å². The van der Waals surface area contributed by atoms with Crippen LogP contribution in [-0.4, -0.2) is 15.2 Å². The van der Waals surface area contributed by atoms with Crippen LogP contribution in [0.5, 0.6) is 0 Å². The predicted molar refractivity (Wildman–Crippen MR) is 98.7 cm³/mol. The van der Waals surface area contributed by atoms with Gasteiger partial charge in [0.2, 0.25) is 11.8 Å². The van der Waals surface area contributed by atoms with Gasteiger partial charge < -0.3 is 4.42 Å². The largest absolute Gasteiger partial charge is 0.420 e. The Kier molecular flexibility index (Phi) is 4.32. The van der Waals surface area contributed by atoms with E-state index in [1.54, 1.807) is 11.8 Å². The van der Waals surface area contributed by atoms with E-state index in [9.17, 15) is 0 Å². The molecule has 0 saturated carbocycles. The fourth-order valence-corrected chi connectivity index (χ4v) is 3.49. The number of rotatable bonds is 4. The second kappa shape index (κ2) is 6.75. The van der Waals surface area contributed by atoms with E-state index in [0.717, 1.165) is 26.0 Å². The van der Waals surface area contributed by atoms with Crippen molar-refractivity contribution in [2.75, 3.05) is 0 Å². The highest BCUT2D eigenvalue weighted by atomic mass is 79.9. The van der Waals surface area contributed by atoms with Gasteiger partial charge in [0.05, 0.1) is 21.9 Å². The molecule has 6 heteroatoms. The quantitative estimate of drug-likeness (QED) is 0.435. The van der Waals surface area contributed by atoms with Gasteiger partial charge in [-0.25, -0.2) is 4.98 Å². The maximum absolute atomic E-state index is 5.76. The average Bonchev–Trinajstić information content (AvgIpc) is 3.09. The van der Waals surface area contributed by atoms with Crippen LogP contribution in [0.4, 0.5) is 0 Å². The molecule has 0 aliphatic rings. The van der Waals surface area contributed by atoms with Crippen LogP contribution in [0, 0.1) is 0 Å². The van der Waals surface area contributed by atoms with E-state index >= 15 is 0 Å². The van der Waals surface area contributed by atoms with Crippen LogP contribution in [0.25, 0.3) is 22.4 Å². The minimum Gasteiger partial charge on any atom is -0.420 e. The van der Waals surface area contributed by atoms with Crippen molar-refractivity contribution in [1.29, 1.82) is 0 Å². The fraction of sp³-hybridized carbons (Fsp3) is 0.0556. The molecule has 0 bridgehead atoms. The van der Waals surface area contributed by atoms with Crippen molar-refractivity contribution in [2.45, 2.75) is 10.8 Å². The molecule has 0 N–H and O–H groups in total. The third-order valence-electron chi connectivity index (χ3n) is 3.49. The lowest BCUT2D eigenvalue weighted by molar-refractivity contribution is 0.528. The summed E-state index contributed by atoms with van der Waals surface area (Å²) in [6.07, 6.45) is 0. The molecule has 24 heavy (non-hydrogen) atoms. The molecule has 4 rings (SSSR count). The van der Waals surface area contributed by atoms with E-state index in [2.05, 4.69) is 43.2 Å². The van der Waals surface area contributed by atoms with E-state index in [-0.39, 0.29) is 0 Å². The minimum atomic E-state index is 0.518. The zero-order valence-corrected chi connectivity index (χ0v) is 14.9. The van der Waals surface area contributed by atoms with Crippen LogP contribution in [0.3, 0.4) is 0 Å². The van der Waals surface area contributed by atoms with Gasteiger partial charge >= 0.3 is 0 Å². The number of thioether (sulfide) groups is 1. The average molecular weight is 398 g/mol. The summed E-state index contributed by atoms with van der Waals surface area (Å²) in [5.74, 6) is 1.69. The van der Waals surface area contributed by atoms with Gasteiger partial charge in [-0.15, -0.1) is 10.2 Å². The first-order valence-corrected chi connectivity index (χ1v) is 9.13.